The Morgan fingerprint density at radius 2 is 2.00 bits per heavy atom. The Morgan fingerprint density at radius 3 is 2.59 bits per heavy atom. The number of hydrogen-bond donors (Lipinski definition) is 1. The molecule has 0 radical (unpaired) electrons. The van der Waals surface area contributed by atoms with Crippen molar-refractivity contribution in [3.8, 4) is 0 Å². The van der Waals surface area contributed by atoms with Gasteiger partial charge in [0.25, 0.3) is 0 Å². The Bertz CT molecular complexity index is 568. The third-order valence-corrected chi connectivity index (χ3v) is 5.92. The number of anilines is 1. The lowest BCUT2D eigenvalue weighted by molar-refractivity contribution is 0.683. The highest BCUT2D eigenvalue weighted by molar-refractivity contribution is 9.10. The molecular weight excluding hydrogens is 386 g/mol. The van der Waals surface area contributed by atoms with Gasteiger partial charge in [-0.15, -0.1) is 11.3 Å². The van der Waals surface area contributed by atoms with E-state index >= 15 is 0 Å². The van der Waals surface area contributed by atoms with Crippen molar-refractivity contribution >= 4 is 59.7 Å². The summed E-state index contributed by atoms with van der Waals surface area (Å²) >= 11 is 8.31. The molecular formula is C11H9Br2NOS2. The molecule has 1 atom stereocenters. The van der Waals surface area contributed by atoms with Crippen LogP contribution in [0.4, 0.5) is 5.69 Å². The van der Waals surface area contributed by atoms with Crippen LogP contribution in [0.25, 0.3) is 0 Å². The molecule has 0 bridgehead atoms. The molecule has 2 nitrogen and oxygen atoms in total. The van der Waals surface area contributed by atoms with Gasteiger partial charge in [-0.25, -0.2) is 0 Å². The Balaban J connectivity index is 2.20. The molecule has 90 valence electrons. The molecule has 0 spiro atoms. The van der Waals surface area contributed by atoms with Crippen LogP contribution in [-0.2, 0) is 16.6 Å². The molecule has 0 aliphatic heterocycles. The second kappa shape index (κ2) is 5.65. The molecule has 2 aromatic rings. The van der Waals surface area contributed by atoms with Crippen molar-refractivity contribution in [1.29, 1.82) is 0 Å². The molecule has 0 saturated carbocycles. The van der Waals surface area contributed by atoms with Gasteiger partial charge in [0, 0.05) is 24.9 Å². The maximum Gasteiger partial charge on any atom is 0.0627 e. The summed E-state index contributed by atoms with van der Waals surface area (Å²) in [4.78, 5) is 1.77. The summed E-state index contributed by atoms with van der Waals surface area (Å²) in [5.41, 5.74) is 6.42. The molecule has 0 fully saturated rings. The van der Waals surface area contributed by atoms with E-state index in [0.717, 1.165) is 13.8 Å². The minimum absolute atomic E-state index is 0.502. The molecule has 6 heteroatoms. The third kappa shape index (κ3) is 3.40. The fourth-order valence-corrected chi connectivity index (χ4v) is 4.61. The molecule has 1 aromatic carbocycles. The Labute approximate surface area is 123 Å². The first-order valence-electron chi connectivity index (χ1n) is 4.72. The zero-order valence-corrected chi connectivity index (χ0v) is 13.5. The van der Waals surface area contributed by atoms with Crippen LogP contribution in [0, 0.1) is 0 Å². The van der Waals surface area contributed by atoms with Gasteiger partial charge in [-0.3, -0.25) is 4.21 Å². The number of nitrogen functional groups attached to an aromatic ring is 1. The predicted molar refractivity (Wildman–Crippen MR) is 80.7 cm³/mol. The molecule has 0 amide bonds. The predicted octanol–water partition coefficient (Wildman–Crippen LogP) is 4.16. The fourth-order valence-electron chi connectivity index (χ4n) is 1.36. The lowest BCUT2D eigenvalue weighted by Gasteiger charge is -2.05. The highest BCUT2D eigenvalue weighted by Gasteiger charge is 2.10. The second-order valence-electron chi connectivity index (χ2n) is 3.40. The number of thiophene rings is 1. The van der Waals surface area contributed by atoms with Crippen molar-refractivity contribution in [2.24, 2.45) is 0 Å². The summed E-state index contributed by atoms with van der Waals surface area (Å²) in [5.74, 6) is 0.502. The van der Waals surface area contributed by atoms with Gasteiger partial charge in [-0.2, -0.15) is 0 Å². The van der Waals surface area contributed by atoms with Crippen molar-refractivity contribution in [2.45, 2.75) is 10.6 Å². The minimum Gasteiger partial charge on any atom is -0.398 e. The number of nitrogens with two attached hydrogens (primary N) is 1. The maximum atomic E-state index is 12.2. The Morgan fingerprint density at radius 1 is 1.24 bits per heavy atom. The zero-order chi connectivity index (χ0) is 12.4. The highest BCUT2D eigenvalue weighted by atomic mass is 79.9. The van der Waals surface area contributed by atoms with E-state index in [1.165, 1.54) is 0 Å². The van der Waals surface area contributed by atoms with Crippen LogP contribution in [0.5, 0.6) is 0 Å². The average Bonchev–Trinajstić information content (AvgIpc) is 2.63. The maximum absolute atomic E-state index is 12.2. The lowest BCUT2D eigenvalue weighted by Crippen LogP contribution is -1.99. The van der Waals surface area contributed by atoms with Gasteiger partial charge in [-0.1, -0.05) is 15.9 Å². The van der Waals surface area contributed by atoms with Crippen LogP contribution in [0.3, 0.4) is 0 Å². The summed E-state index contributed by atoms with van der Waals surface area (Å²) in [6.07, 6.45) is 0. The summed E-state index contributed by atoms with van der Waals surface area (Å²) in [5, 5.41) is 1.98. The lowest BCUT2D eigenvalue weighted by atomic mass is 10.3. The van der Waals surface area contributed by atoms with Crippen LogP contribution in [0.2, 0.25) is 0 Å². The SMILES string of the molecule is Nc1cc(Br)ccc1S(=O)Cc1cc(Br)cs1. The summed E-state index contributed by atoms with van der Waals surface area (Å²) in [7, 11) is -1.10. The molecule has 0 aliphatic carbocycles. The molecule has 0 saturated heterocycles. The van der Waals surface area contributed by atoms with Crippen molar-refractivity contribution in [3.05, 3.63) is 43.5 Å². The average molecular weight is 395 g/mol. The van der Waals surface area contributed by atoms with E-state index in [0.29, 0.717) is 16.3 Å². The van der Waals surface area contributed by atoms with E-state index < -0.39 is 10.8 Å². The monoisotopic (exact) mass is 393 g/mol. The first kappa shape index (κ1) is 13.3. The van der Waals surface area contributed by atoms with Gasteiger partial charge < -0.3 is 5.73 Å². The summed E-state index contributed by atoms with van der Waals surface area (Å²) in [6.45, 7) is 0. The van der Waals surface area contributed by atoms with E-state index in [9.17, 15) is 4.21 Å². The molecule has 1 unspecified atom stereocenters. The third-order valence-electron chi connectivity index (χ3n) is 2.11. The van der Waals surface area contributed by atoms with E-state index in [4.69, 9.17) is 5.73 Å². The van der Waals surface area contributed by atoms with Crippen LogP contribution in [0.15, 0.2) is 43.5 Å². The Kier molecular flexibility index (Phi) is 4.41. The first-order chi connectivity index (χ1) is 8.06. The second-order valence-corrected chi connectivity index (χ2v) is 7.65. The minimum atomic E-state index is -1.10. The van der Waals surface area contributed by atoms with Crippen LogP contribution >= 0.6 is 43.2 Å². The molecule has 2 rings (SSSR count). The number of rotatable bonds is 3. The van der Waals surface area contributed by atoms with Crippen LogP contribution < -0.4 is 5.73 Å². The standard InChI is InChI=1S/C11H9Br2NOS2/c12-7-1-2-11(10(14)4-7)17(15)6-9-3-8(13)5-16-9/h1-5H,6,14H2. The van der Waals surface area contributed by atoms with Gasteiger partial charge >= 0.3 is 0 Å². The van der Waals surface area contributed by atoms with E-state index in [2.05, 4.69) is 31.9 Å². The van der Waals surface area contributed by atoms with E-state index in [1.807, 2.05) is 17.5 Å². The topological polar surface area (TPSA) is 43.1 Å². The zero-order valence-electron chi connectivity index (χ0n) is 8.65. The smallest absolute Gasteiger partial charge is 0.0627 e. The van der Waals surface area contributed by atoms with Crippen molar-refractivity contribution in [2.75, 3.05) is 5.73 Å². The summed E-state index contributed by atoms with van der Waals surface area (Å²) < 4.78 is 14.1. The highest BCUT2D eigenvalue weighted by Crippen LogP contribution is 2.26. The van der Waals surface area contributed by atoms with Gasteiger partial charge in [0.05, 0.1) is 21.4 Å². The molecule has 0 aliphatic rings. The molecule has 1 heterocycles. The van der Waals surface area contributed by atoms with E-state index in [-0.39, 0.29) is 0 Å². The fraction of sp³-hybridized carbons (Fsp3) is 0.0909. The van der Waals surface area contributed by atoms with Crippen molar-refractivity contribution < 1.29 is 4.21 Å². The quantitative estimate of drug-likeness (QED) is 0.794. The molecule has 1 aromatic heterocycles. The largest absolute Gasteiger partial charge is 0.398 e. The Hall–Kier alpha value is -0.170. The van der Waals surface area contributed by atoms with E-state index in [1.54, 1.807) is 23.5 Å². The normalized spacial score (nSPS) is 12.6. The van der Waals surface area contributed by atoms with Crippen LogP contribution in [0.1, 0.15) is 4.88 Å². The first-order valence-corrected chi connectivity index (χ1v) is 8.51. The van der Waals surface area contributed by atoms with Gasteiger partial charge in [0.1, 0.15) is 0 Å². The number of halogens is 2. The molecule has 17 heavy (non-hydrogen) atoms. The summed E-state index contributed by atoms with van der Waals surface area (Å²) in [6, 6.07) is 7.42. The number of benzene rings is 1. The van der Waals surface area contributed by atoms with Crippen molar-refractivity contribution in [1.82, 2.24) is 0 Å². The number of hydrogen-bond acceptors (Lipinski definition) is 3. The van der Waals surface area contributed by atoms with Crippen LogP contribution in [-0.4, -0.2) is 4.21 Å². The van der Waals surface area contributed by atoms with Gasteiger partial charge in [-0.05, 0) is 40.2 Å². The van der Waals surface area contributed by atoms with Gasteiger partial charge in [0.2, 0.25) is 0 Å². The van der Waals surface area contributed by atoms with Crippen molar-refractivity contribution in [3.63, 3.8) is 0 Å². The van der Waals surface area contributed by atoms with Gasteiger partial charge in [0.15, 0.2) is 0 Å². The molecule has 2 N–H and O–H groups in total.